The molecule has 17 nitrogen and oxygen atoms in total. The Morgan fingerprint density at radius 2 is 1.63 bits per heavy atom. The molecular weight excluding hydrogens is 656 g/mol. The maximum absolute atomic E-state index is 13.7. The first-order valence-electron chi connectivity index (χ1n) is 16.8. The van der Waals surface area contributed by atoms with Crippen molar-refractivity contribution < 1.29 is 24.0 Å². The summed E-state index contributed by atoms with van der Waals surface area (Å²) in [6, 6.07) is 13.2. The summed E-state index contributed by atoms with van der Waals surface area (Å²) in [7, 11) is 0. The minimum absolute atomic E-state index is 0.0430. The van der Waals surface area contributed by atoms with Crippen LogP contribution < -0.4 is 21.3 Å². The Balaban J connectivity index is 1.40. The standard InChI is InChI=1S/C34H42N12O5/c1-21(2)17-27-33(50)38-22(3)31-40-30(24-9-6-5-7-10-24)41-45(31)19-28(47)35-15-8-16-44(18-29(48)37-23(4)32(49)39-27)34(51)25-11-13-26(14-12-25)46-20-36-42-43-46/h5-7,9-14,20-23,27H,8,15-19H2,1-4H3,(H,35,47)(H,37,48)(H,38,50)(H,39,49)/t22-,23+,27+/m0/s1. The van der Waals surface area contributed by atoms with E-state index in [-0.39, 0.29) is 38.0 Å². The molecule has 0 bridgehead atoms. The van der Waals surface area contributed by atoms with Gasteiger partial charge in [-0.15, -0.1) is 5.10 Å². The van der Waals surface area contributed by atoms with Crippen LogP contribution in [-0.4, -0.2) is 101 Å². The van der Waals surface area contributed by atoms with Crippen molar-refractivity contribution in [2.45, 2.75) is 65.2 Å². The lowest BCUT2D eigenvalue weighted by Gasteiger charge is -2.25. The largest absolute Gasteiger partial charge is 0.354 e. The molecule has 3 atom stereocenters. The van der Waals surface area contributed by atoms with Crippen molar-refractivity contribution in [3.8, 4) is 17.1 Å². The van der Waals surface area contributed by atoms with Crippen molar-refractivity contribution in [2.24, 2.45) is 5.92 Å². The number of nitrogens with one attached hydrogen (secondary N) is 4. The van der Waals surface area contributed by atoms with Crippen molar-refractivity contribution in [3.05, 3.63) is 72.3 Å². The Morgan fingerprint density at radius 3 is 2.31 bits per heavy atom. The molecule has 2 aromatic carbocycles. The zero-order valence-corrected chi connectivity index (χ0v) is 28.9. The first-order chi connectivity index (χ1) is 24.5. The third kappa shape index (κ3) is 9.58. The van der Waals surface area contributed by atoms with Gasteiger partial charge >= 0.3 is 0 Å². The first-order valence-corrected chi connectivity index (χ1v) is 16.8. The molecule has 268 valence electrons. The fourth-order valence-corrected chi connectivity index (χ4v) is 5.57. The van der Waals surface area contributed by atoms with E-state index in [1.807, 2.05) is 44.2 Å². The normalized spacial score (nSPS) is 19.9. The van der Waals surface area contributed by atoms with E-state index in [0.29, 0.717) is 35.7 Å². The van der Waals surface area contributed by atoms with Gasteiger partial charge in [-0.3, -0.25) is 24.0 Å². The molecule has 0 saturated carbocycles. The van der Waals surface area contributed by atoms with Gasteiger partial charge in [-0.1, -0.05) is 44.2 Å². The summed E-state index contributed by atoms with van der Waals surface area (Å²) in [4.78, 5) is 73.0. The molecule has 0 radical (unpaired) electrons. The lowest BCUT2D eigenvalue weighted by molar-refractivity contribution is -0.132. The summed E-state index contributed by atoms with van der Waals surface area (Å²) in [5.74, 6) is -1.58. The molecule has 4 aromatic rings. The number of nitrogens with zero attached hydrogens (tertiary/aromatic N) is 8. The van der Waals surface area contributed by atoms with Gasteiger partial charge < -0.3 is 26.2 Å². The molecule has 4 N–H and O–H groups in total. The van der Waals surface area contributed by atoms with Gasteiger partial charge in [-0.2, -0.15) is 5.10 Å². The van der Waals surface area contributed by atoms with Gasteiger partial charge in [0.05, 0.1) is 18.3 Å². The second kappa shape index (κ2) is 16.6. The zero-order valence-electron chi connectivity index (χ0n) is 28.9. The van der Waals surface area contributed by atoms with Crippen LogP contribution in [0.2, 0.25) is 0 Å². The van der Waals surface area contributed by atoms with Gasteiger partial charge in [0.2, 0.25) is 23.6 Å². The van der Waals surface area contributed by atoms with E-state index in [1.54, 1.807) is 31.2 Å². The zero-order chi connectivity index (χ0) is 36.5. The van der Waals surface area contributed by atoms with Crippen LogP contribution in [0, 0.1) is 5.92 Å². The number of rotatable bonds is 5. The van der Waals surface area contributed by atoms with Crippen LogP contribution in [0.1, 0.15) is 62.8 Å². The Kier molecular flexibility index (Phi) is 11.8. The van der Waals surface area contributed by atoms with Gasteiger partial charge in [-0.25, -0.2) is 14.3 Å². The molecule has 0 aliphatic carbocycles. The molecule has 1 aliphatic rings. The van der Waals surface area contributed by atoms with Crippen LogP contribution in [0.15, 0.2) is 60.9 Å². The highest BCUT2D eigenvalue weighted by Crippen LogP contribution is 2.20. The van der Waals surface area contributed by atoms with Crippen LogP contribution in [0.3, 0.4) is 0 Å². The van der Waals surface area contributed by atoms with Crippen molar-refractivity contribution in [2.75, 3.05) is 19.6 Å². The molecule has 0 saturated heterocycles. The minimum atomic E-state index is -1.01. The van der Waals surface area contributed by atoms with Crippen molar-refractivity contribution in [1.29, 1.82) is 0 Å². The van der Waals surface area contributed by atoms with E-state index in [9.17, 15) is 24.0 Å². The van der Waals surface area contributed by atoms with E-state index in [0.717, 1.165) is 5.56 Å². The van der Waals surface area contributed by atoms with Gasteiger partial charge in [0.15, 0.2) is 5.82 Å². The molecule has 1 aliphatic heterocycles. The number of carbonyl (C=O) groups is 5. The van der Waals surface area contributed by atoms with Crippen molar-refractivity contribution in [3.63, 3.8) is 0 Å². The smallest absolute Gasteiger partial charge is 0.254 e. The number of tetrazole rings is 1. The molecule has 0 spiro atoms. The first kappa shape index (κ1) is 36.3. The Hall–Kier alpha value is -6.00. The maximum atomic E-state index is 13.7. The lowest BCUT2D eigenvalue weighted by Crippen LogP contribution is -2.54. The fraction of sp³-hybridized carbons (Fsp3) is 0.412. The molecule has 17 heteroatoms. The summed E-state index contributed by atoms with van der Waals surface area (Å²) in [6.45, 7) is 6.88. The molecule has 51 heavy (non-hydrogen) atoms. The summed E-state index contributed by atoms with van der Waals surface area (Å²) in [5.41, 5.74) is 1.69. The van der Waals surface area contributed by atoms with Gasteiger partial charge in [0, 0.05) is 24.2 Å². The summed E-state index contributed by atoms with van der Waals surface area (Å²) >= 11 is 0. The van der Waals surface area contributed by atoms with Gasteiger partial charge in [-0.05, 0) is 67.3 Å². The molecule has 0 fully saturated rings. The molecule has 2 aromatic heterocycles. The monoisotopic (exact) mass is 698 g/mol. The third-order valence-electron chi connectivity index (χ3n) is 8.16. The predicted molar refractivity (Wildman–Crippen MR) is 184 cm³/mol. The van der Waals surface area contributed by atoms with E-state index >= 15 is 0 Å². The lowest BCUT2D eigenvalue weighted by atomic mass is 10.0. The Labute approximate surface area is 294 Å². The van der Waals surface area contributed by atoms with E-state index < -0.39 is 41.8 Å². The second-order valence-electron chi connectivity index (χ2n) is 12.8. The van der Waals surface area contributed by atoms with Crippen LogP contribution in [0.25, 0.3) is 17.1 Å². The molecular formula is C34H42N12O5. The average molecular weight is 699 g/mol. The summed E-state index contributed by atoms with van der Waals surface area (Å²) in [6.07, 6.45) is 2.07. The third-order valence-corrected chi connectivity index (χ3v) is 8.16. The highest BCUT2D eigenvalue weighted by atomic mass is 16.2. The highest BCUT2D eigenvalue weighted by molar-refractivity contribution is 5.97. The topological polar surface area (TPSA) is 211 Å². The maximum Gasteiger partial charge on any atom is 0.254 e. The SMILES string of the molecule is CC(C)C[C@H]1NC(=O)[C@@H](C)NC(=O)CN(C(=O)c2ccc(-n3cnnn3)cc2)CCCNC(=O)Cn2nc(-c3ccccc3)nc2[C@H](C)NC1=O. The Bertz CT molecular complexity index is 1830. The highest BCUT2D eigenvalue weighted by Gasteiger charge is 2.29. The number of benzene rings is 2. The van der Waals surface area contributed by atoms with E-state index in [4.69, 9.17) is 0 Å². The molecule has 5 amide bonds. The van der Waals surface area contributed by atoms with E-state index in [1.165, 1.54) is 27.5 Å². The Morgan fingerprint density at radius 1 is 0.882 bits per heavy atom. The van der Waals surface area contributed by atoms with Crippen molar-refractivity contribution in [1.82, 2.24) is 61.1 Å². The van der Waals surface area contributed by atoms with Crippen LogP contribution in [-0.2, 0) is 25.7 Å². The van der Waals surface area contributed by atoms with Crippen LogP contribution >= 0.6 is 0 Å². The van der Waals surface area contributed by atoms with E-state index in [2.05, 4.69) is 46.9 Å². The second-order valence-corrected chi connectivity index (χ2v) is 12.8. The molecule has 0 unspecified atom stereocenters. The predicted octanol–water partition coefficient (Wildman–Crippen LogP) is 0.796. The fourth-order valence-electron chi connectivity index (χ4n) is 5.57. The summed E-state index contributed by atoms with van der Waals surface area (Å²) in [5, 5.41) is 26.9. The average Bonchev–Trinajstić information content (AvgIpc) is 3.80. The number of hydrogen-bond donors (Lipinski definition) is 4. The number of fused-ring (bicyclic) bond motifs is 1. The van der Waals surface area contributed by atoms with Gasteiger partial charge in [0.25, 0.3) is 5.91 Å². The molecule has 3 heterocycles. The number of amides is 5. The van der Waals surface area contributed by atoms with Gasteiger partial charge in [0.1, 0.15) is 30.8 Å². The number of hydrogen-bond acceptors (Lipinski definition) is 10. The van der Waals surface area contributed by atoms with Crippen molar-refractivity contribution >= 4 is 29.5 Å². The number of aromatic nitrogens is 7. The number of carbonyl (C=O) groups excluding carboxylic acids is 5. The summed E-state index contributed by atoms with van der Waals surface area (Å²) < 4.78 is 2.89. The quantitative estimate of drug-likeness (QED) is 0.230. The minimum Gasteiger partial charge on any atom is -0.354 e. The van der Waals surface area contributed by atoms with Crippen LogP contribution in [0.4, 0.5) is 0 Å². The molecule has 5 rings (SSSR count). The van der Waals surface area contributed by atoms with Crippen LogP contribution in [0.5, 0.6) is 0 Å².